The number of hydrogen-bond donors (Lipinski definition) is 3. The maximum absolute atomic E-state index is 14.0. The molecule has 0 amide bonds. The molecular formula is C11H8F2O7. The van der Waals surface area contributed by atoms with Crippen LogP contribution in [0.3, 0.4) is 0 Å². The van der Waals surface area contributed by atoms with Gasteiger partial charge in [0.15, 0.2) is 11.6 Å². The minimum atomic E-state index is -2.03. The highest BCUT2D eigenvalue weighted by atomic mass is 19.1. The zero-order valence-electron chi connectivity index (χ0n) is 9.94. The molecule has 0 saturated carbocycles. The van der Waals surface area contributed by atoms with Crippen LogP contribution in [0.5, 0.6) is 5.75 Å². The second-order valence-corrected chi connectivity index (χ2v) is 3.57. The number of aromatic carboxylic acids is 2. The monoisotopic (exact) mass is 290 g/mol. The van der Waals surface area contributed by atoms with Crippen LogP contribution in [0.2, 0.25) is 0 Å². The summed E-state index contributed by atoms with van der Waals surface area (Å²) in [4.78, 5) is 32.3. The Bertz CT molecular complexity index is 610. The van der Waals surface area contributed by atoms with Gasteiger partial charge in [0.25, 0.3) is 0 Å². The third-order valence-electron chi connectivity index (χ3n) is 2.39. The number of ether oxygens (including phenoxy) is 1. The number of aliphatic carboxylic acids is 1. The lowest BCUT2D eigenvalue weighted by Crippen LogP contribution is -2.18. The van der Waals surface area contributed by atoms with Crippen molar-refractivity contribution in [3.05, 3.63) is 28.3 Å². The lowest BCUT2D eigenvalue weighted by atomic mass is 9.98. The van der Waals surface area contributed by atoms with E-state index in [-0.39, 0.29) is 0 Å². The molecule has 0 aliphatic carbocycles. The van der Waals surface area contributed by atoms with Crippen molar-refractivity contribution in [2.75, 3.05) is 7.11 Å². The molecule has 108 valence electrons. The average molecular weight is 290 g/mol. The van der Waals surface area contributed by atoms with Gasteiger partial charge in [0.05, 0.1) is 13.5 Å². The van der Waals surface area contributed by atoms with Crippen LogP contribution >= 0.6 is 0 Å². The Balaban J connectivity index is 3.84. The first kappa shape index (κ1) is 15.3. The Kier molecular flexibility index (Phi) is 4.23. The smallest absolute Gasteiger partial charge is 0.339 e. The van der Waals surface area contributed by atoms with Gasteiger partial charge < -0.3 is 20.1 Å². The molecule has 1 aromatic rings. The number of hydrogen-bond acceptors (Lipinski definition) is 4. The molecule has 1 aromatic carbocycles. The summed E-state index contributed by atoms with van der Waals surface area (Å²) in [6.07, 6.45) is -1.06. The van der Waals surface area contributed by atoms with E-state index in [0.717, 1.165) is 7.11 Å². The van der Waals surface area contributed by atoms with Gasteiger partial charge in [-0.05, 0) is 0 Å². The predicted molar refractivity (Wildman–Crippen MR) is 58.2 cm³/mol. The van der Waals surface area contributed by atoms with Gasteiger partial charge in [-0.15, -0.1) is 0 Å². The van der Waals surface area contributed by atoms with Crippen LogP contribution in [0.1, 0.15) is 26.3 Å². The maximum Gasteiger partial charge on any atom is 0.339 e. The van der Waals surface area contributed by atoms with Gasteiger partial charge in [0, 0.05) is 5.56 Å². The standard InChI is InChI=1S/C11H8F2O7/c1-20-9-3(2-4(14)15)7(12)5(10(16)17)6(8(9)13)11(18)19/h2H2,1H3,(H,14,15)(H,16,17)(H,18,19). The molecule has 0 radical (unpaired) electrons. The van der Waals surface area contributed by atoms with Crippen LogP contribution in [-0.4, -0.2) is 40.3 Å². The summed E-state index contributed by atoms with van der Waals surface area (Å²) in [6, 6.07) is 0. The number of benzene rings is 1. The van der Waals surface area contributed by atoms with E-state index in [1.54, 1.807) is 0 Å². The first-order valence-electron chi connectivity index (χ1n) is 4.98. The molecule has 0 saturated heterocycles. The number of carboxylic acid groups (broad SMARTS) is 3. The molecule has 9 heteroatoms. The summed E-state index contributed by atoms with van der Waals surface area (Å²) in [5.74, 6) is -9.87. The number of halogens is 2. The fourth-order valence-corrected chi connectivity index (χ4v) is 1.64. The average Bonchev–Trinajstić information content (AvgIpc) is 2.31. The lowest BCUT2D eigenvalue weighted by molar-refractivity contribution is -0.136. The van der Waals surface area contributed by atoms with Gasteiger partial charge >= 0.3 is 17.9 Å². The van der Waals surface area contributed by atoms with Crippen molar-refractivity contribution in [1.29, 1.82) is 0 Å². The van der Waals surface area contributed by atoms with Crippen LogP contribution < -0.4 is 4.74 Å². The second kappa shape index (κ2) is 5.51. The van der Waals surface area contributed by atoms with Crippen LogP contribution in [0.25, 0.3) is 0 Å². The number of carbonyl (C=O) groups is 3. The molecule has 20 heavy (non-hydrogen) atoms. The van der Waals surface area contributed by atoms with E-state index in [9.17, 15) is 23.2 Å². The van der Waals surface area contributed by atoms with Crippen molar-refractivity contribution in [2.24, 2.45) is 0 Å². The maximum atomic E-state index is 14.0. The third kappa shape index (κ3) is 2.51. The number of methoxy groups -OCH3 is 1. The Morgan fingerprint density at radius 1 is 1.00 bits per heavy atom. The Morgan fingerprint density at radius 2 is 1.45 bits per heavy atom. The van der Waals surface area contributed by atoms with E-state index >= 15 is 0 Å². The summed E-state index contributed by atoms with van der Waals surface area (Å²) >= 11 is 0. The van der Waals surface area contributed by atoms with Crippen LogP contribution in [0.15, 0.2) is 0 Å². The highest BCUT2D eigenvalue weighted by Gasteiger charge is 2.33. The molecule has 3 N–H and O–H groups in total. The topological polar surface area (TPSA) is 121 Å². The zero-order valence-corrected chi connectivity index (χ0v) is 9.94. The fourth-order valence-electron chi connectivity index (χ4n) is 1.64. The van der Waals surface area contributed by atoms with E-state index in [0.29, 0.717) is 0 Å². The minimum absolute atomic E-state index is 0.870. The van der Waals surface area contributed by atoms with Crippen molar-refractivity contribution >= 4 is 17.9 Å². The summed E-state index contributed by atoms with van der Waals surface area (Å²) in [5, 5.41) is 26.2. The summed E-state index contributed by atoms with van der Waals surface area (Å²) < 4.78 is 32.3. The molecule has 0 bridgehead atoms. The fraction of sp³-hybridized carbons (Fsp3) is 0.182. The first-order valence-corrected chi connectivity index (χ1v) is 4.98. The number of carboxylic acids is 3. The van der Waals surface area contributed by atoms with Gasteiger partial charge in [0.2, 0.25) is 0 Å². The van der Waals surface area contributed by atoms with Crippen molar-refractivity contribution in [3.63, 3.8) is 0 Å². The minimum Gasteiger partial charge on any atom is -0.493 e. The predicted octanol–water partition coefficient (Wildman–Crippen LogP) is 0.997. The van der Waals surface area contributed by atoms with E-state index in [2.05, 4.69) is 4.74 Å². The summed E-state index contributed by atoms with van der Waals surface area (Å²) in [7, 11) is 0.870. The van der Waals surface area contributed by atoms with Crippen molar-refractivity contribution in [1.82, 2.24) is 0 Å². The van der Waals surface area contributed by atoms with Crippen LogP contribution in [0.4, 0.5) is 8.78 Å². The molecule has 0 aliphatic heterocycles. The van der Waals surface area contributed by atoms with Gasteiger partial charge in [0.1, 0.15) is 16.9 Å². The molecular weight excluding hydrogens is 282 g/mol. The quantitative estimate of drug-likeness (QED) is 0.739. The van der Waals surface area contributed by atoms with Crippen LogP contribution in [0, 0.1) is 11.6 Å². The zero-order chi connectivity index (χ0) is 15.6. The normalized spacial score (nSPS) is 10.2. The highest BCUT2D eigenvalue weighted by molar-refractivity contribution is 6.03. The van der Waals surface area contributed by atoms with Crippen molar-refractivity contribution in [3.8, 4) is 5.75 Å². The Labute approximate surface area is 110 Å². The van der Waals surface area contributed by atoms with Crippen LogP contribution in [-0.2, 0) is 11.2 Å². The van der Waals surface area contributed by atoms with Crippen molar-refractivity contribution in [2.45, 2.75) is 6.42 Å². The number of rotatable bonds is 5. The summed E-state index contributed by atoms with van der Waals surface area (Å²) in [6.45, 7) is 0. The molecule has 0 aromatic heterocycles. The molecule has 0 aliphatic rings. The van der Waals surface area contributed by atoms with E-state index < -0.39 is 58.4 Å². The van der Waals surface area contributed by atoms with Gasteiger partial charge in [-0.25, -0.2) is 18.4 Å². The molecule has 0 fully saturated rings. The molecule has 0 unspecified atom stereocenters. The van der Waals surface area contributed by atoms with Crippen molar-refractivity contribution < 1.29 is 43.2 Å². The van der Waals surface area contributed by atoms with Gasteiger partial charge in [-0.2, -0.15) is 0 Å². The Morgan fingerprint density at radius 3 is 1.80 bits per heavy atom. The lowest BCUT2D eigenvalue weighted by Gasteiger charge is -2.14. The molecule has 0 atom stereocenters. The first-order chi connectivity index (χ1) is 9.22. The van der Waals surface area contributed by atoms with Gasteiger partial charge in [-0.1, -0.05) is 0 Å². The highest BCUT2D eigenvalue weighted by Crippen LogP contribution is 2.32. The molecule has 7 nitrogen and oxygen atoms in total. The Hall–Kier alpha value is -2.71. The second-order valence-electron chi connectivity index (χ2n) is 3.57. The molecule has 0 heterocycles. The third-order valence-corrected chi connectivity index (χ3v) is 2.39. The van der Waals surface area contributed by atoms with Gasteiger partial charge in [-0.3, -0.25) is 4.79 Å². The molecule has 1 rings (SSSR count). The van der Waals surface area contributed by atoms with E-state index in [1.165, 1.54) is 0 Å². The van der Waals surface area contributed by atoms with E-state index in [4.69, 9.17) is 15.3 Å². The molecule has 0 spiro atoms. The van der Waals surface area contributed by atoms with E-state index in [1.807, 2.05) is 0 Å². The SMILES string of the molecule is COc1c(F)c(C(=O)O)c(C(=O)O)c(F)c1CC(=O)O. The summed E-state index contributed by atoms with van der Waals surface area (Å²) in [5.41, 5.74) is -3.76. The largest absolute Gasteiger partial charge is 0.493 e.